The van der Waals surface area contributed by atoms with Crippen LogP contribution in [0.1, 0.15) is 41.3 Å². The van der Waals surface area contributed by atoms with E-state index in [0.717, 1.165) is 30.5 Å². The zero-order valence-corrected chi connectivity index (χ0v) is 16.2. The first kappa shape index (κ1) is 17.9. The molecule has 1 heterocycles. The van der Waals surface area contributed by atoms with Gasteiger partial charge >= 0.3 is 0 Å². The zero-order valence-electron chi connectivity index (χ0n) is 15.4. The van der Waals surface area contributed by atoms with Gasteiger partial charge in [0, 0.05) is 17.7 Å². The van der Waals surface area contributed by atoms with Gasteiger partial charge in [-0.25, -0.2) is 13.1 Å². The average molecular weight is 382 g/mol. The van der Waals surface area contributed by atoms with E-state index >= 15 is 0 Å². The van der Waals surface area contributed by atoms with Crippen LogP contribution >= 0.6 is 0 Å². The van der Waals surface area contributed by atoms with Gasteiger partial charge in [0.15, 0.2) is 5.76 Å². The Labute approximate surface area is 159 Å². The summed E-state index contributed by atoms with van der Waals surface area (Å²) >= 11 is 0. The van der Waals surface area contributed by atoms with Crippen molar-refractivity contribution in [3.05, 3.63) is 70.9 Å². The standard InChI is InChI=1S/C21H22N2O3S/c1-14-10-11-17(20-12-15(2)22-26-20)13-21(14)27(24,25)23-19-9-5-7-16-6-3-4-8-18(16)19/h3-4,6,8,10-13,19,23H,5,7,9H2,1-2H3/t19-/m0/s1. The van der Waals surface area contributed by atoms with Crippen LogP contribution in [-0.2, 0) is 16.4 Å². The molecule has 1 aromatic heterocycles. The van der Waals surface area contributed by atoms with Gasteiger partial charge in [-0.3, -0.25) is 0 Å². The summed E-state index contributed by atoms with van der Waals surface area (Å²) in [7, 11) is -3.67. The topological polar surface area (TPSA) is 72.2 Å². The molecule has 1 N–H and O–H groups in total. The molecule has 0 aliphatic heterocycles. The molecule has 0 fully saturated rings. The molecule has 6 heteroatoms. The molecule has 0 saturated carbocycles. The van der Waals surface area contributed by atoms with E-state index in [1.807, 2.05) is 31.2 Å². The van der Waals surface area contributed by atoms with E-state index in [4.69, 9.17) is 4.52 Å². The van der Waals surface area contributed by atoms with Gasteiger partial charge in [-0.2, -0.15) is 0 Å². The molecule has 0 amide bonds. The maximum atomic E-state index is 13.2. The number of nitrogens with zero attached hydrogens (tertiary/aromatic N) is 1. The van der Waals surface area contributed by atoms with Crippen LogP contribution in [0.4, 0.5) is 0 Å². The highest BCUT2D eigenvalue weighted by molar-refractivity contribution is 7.89. The predicted octanol–water partition coefficient (Wildman–Crippen LogP) is 4.31. The molecule has 0 unspecified atom stereocenters. The number of hydrogen-bond donors (Lipinski definition) is 1. The van der Waals surface area contributed by atoms with Gasteiger partial charge in [-0.15, -0.1) is 0 Å². The van der Waals surface area contributed by atoms with Crippen LogP contribution in [0.25, 0.3) is 11.3 Å². The Kier molecular flexibility index (Phi) is 4.61. The minimum atomic E-state index is -3.67. The van der Waals surface area contributed by atoms with Gasteiger partial charge in [0.25, 0.3) is 0 Å². The Morgan fingerprint density at radius 3 is 2.70 bits per heavy atom. The predicted molar refractivity (Wildman–Crippen MR) is 104 cm³/mol. The molecule has 27 heavy (non-hydrogen) atoms. The Balaban J connectivity index is 1.69. The smallest absolute Gasteiger partial charge is 0.241 e. The van der Waals surface area contributed by atoms with Crippen molar-refractivity contribution < 1.29 is 12.9 Å². The molecular weight excluding hydrogens is 360 g/mol. The third-order valence-corrected chi connectivity index (χ3v) is 6.67. The summed E-state index contributed by atoms with van der Waals surface area (Å²) in [6, 6.07) is 15.0. The fourth-order valence-electron chi connectivity index (χ4n) is 3.67. The van der Waals surface area contributed by atoms with Gasteiger partial charge in [-0.05, 0) is 55.9 Å². The number of aromatic nitrogens is 1. The summed E-state index contributed by atoms with van der Waals surface area (Å²) in [5, 5.41) is 3.89. The molecule has 140 valence electrons. The lowest BCUT2D eigenvalue weighted by molar-refractivity contribution is 0.427. The van der Waals surface area contributed by atoms with Gasteiger partial charge in [-0.1, -0.05) is 41.6 Å². The highest BCUT2D eigenvalue weighted by Crippen LogP contribution is 2.32. The maximum Gasteiger partial charge on any atom is 0.241 e. The Morgan fingerprint density at radius 2 is 1.93 bits per heavy atom. The van der Waals surface area contributed by atoms with Crippen LogP contribution < -0.4 is 4.72 Å². The summed E-state index contributed by atoms with van der Waals surface area (Å²) in [5.41, 5.74) is 4.45. The number of aryl methyl sites for hydroxylation is 3. The average Bonchev–Trinajstić information content (AvgIpc) is 3.08. The fraction of sp³-hybridized carbons (Fsp3) is 0.286. The zero-order chi connectivity index (χ0) is 19.0. The highest BCUT2D eigenvalue weighted by atomic mass is 32.2. The quantitative estimate of drug-likeness (QED) is 0.730. The van der Waals surface area contributed by atoms with Crippen molar-refractivity contribution in [3.63, 3.8) is 0 Å². The van der Waals surface area contributed by atoms with Crippen LogP contribution in [-0.4, -0.2) is 13.6 Å². The minimum Gasteiger partial charge on any atom is -0.356 e. The van der Waals surface area contributed by atoms with Crippen LogP contribution in [0, 0.1) is 13.8 Å². The number of hydrogen-bond acceptors (Lipinski definition) is 4. The van der Waals surface area contributed by atoms with E-state index in [1.165, 1.54) is 5.56 Å². The molecule has 0 saturated heterocycles. The Hall–Kier alpha value is -2.44. The summed E-state index contributed by atoms with van der Waals surface area (Å²) in [6.45, 7) is 3.64. The lowest BCUT2D eigenvalue weighted by Gasteiger charge is -2.26. The second kappa shape index (κ2) is 6.94. The Bertz CT molecular complexity index is 1090. The molecule has 3 aromatic rings. The third-order valence-electron chi connectivity index (χ3n) is 5.06. The van der Waals surface area contributed by atoms with Crippen molar-refractivity contribution in [1.82, 2.24) is 9.88 Å². The summed E-state index contributed by atoms with van der Waals surface area (Å²) in [5.74, 6) is 0.562. The number of sulfonamides is 1. The number of fused-ring (bicyclic) bond motifs is 1. The largest absolute Gasteiger partial charge is 0.356 e. The van der Waals surface area contributed by atoms with Crippen LogP contribution in [0.2, 0.25) is 0 Å². The first-order valence-electron chi connectivity index (χ1n) is 9.08. The number of benzene rings is 2. The van der Waals surface area contributed by atoms with Crippen LogP contribution in [0.15, 0.2) is 57.9 Å². The third kappa shape index (κ3) is 3.55. The van der Waals surface area contributed by atoms with E-state index in [-0.39, 0.29) is 10.9 Å². The van der Waals surface area contributed by atoms with Gasteiger partial charge in [0.2, 0.25) is 10.0 Å². The summed E-state index contributed by atoms with van der Waals surface area (Å²) in [4.78, 5) is 0.275. The minimum absolute atomic E-state index is 0.199. The van der Waals surface area contributed by atoms with Gasteiger partial charge in [0.05, 0.1) is 10.6 Å². The SMILES string of the molecule is Cc1cc(-c2ccc(C)c(S(=O)(=O)N[C@H]3CCCc4ccccc43)c2)on1. The molecule has 1 atom stereocenters. The number of rotatable bonds is 4. The van der Waals surface area contributed by atoms with Crippen molar-refractivity contribution in [2.75, 3.05) is 0 Å². The summed E-state index contributed by atoms with van der Waals surface area (Å²) < 4.78 is 34.5. The fourth-order valence-corrected chi connectivity index (χ4v) is 5.19. The van der Waals surface area contributed by atoms with E-state index in [9.17, 15) is 8.42 Å². The maximum absolute atomic E-state index is 13.2. The molecule has 1 aliphatic rings. The number of nitrogens with one attached hydrogen (secondary N) is 1. The van der Waals surface area contributed by atoms with Crippen molar-refractivity contribution >= 4 is 10.0 Å². The monoisotopic (exact) mass is 382 g/mol. The van der Waals surface area contributed by atoms with Crippen molar-refractivity contribution in [2.24, 2.45) is 0 Å². The molecule has 4 rings (SSSR count). The summed E-state index contributed by atoms with van der Waals surface area (Å²) in [6.07, 6.45) is 2.77. The van der Waals surface area contributed by atoms with E-state index in [2.05, 4.69) is 15.9 Å². The van der Waals surface area contributed by atoms with E-state index in [0.29, 0.717) is 16.9 Å². The second-order valence-corrected chi connectivity index (χ2v) is 8.76. The van der Waals surface area contributed by atoms with Crippen molar-refractivity contribution in [2.45, 2.75) is 44.0 Å². The molecule has 0 spiro atoms. The van der Waals surface area contributed by atoms with E-state index < -0.39 is 10.0 Å². The molecule has 5 nitrogen and oxygen atoms in total. The van der Waals surface area contributed by atoms with Crippen molar-refractivity contribution in [1.29, 1.82) is 0 Å². The molecule has 0 bridgehead atoms. The molecular formula is C21H22N2O3S. The highest BCUT2D eigenvalue weighted by Gasteiger charge is 2.27. The van der Waals surface area contributed by atoms with Gasteiger partial charge in [0.1, 0.15) is 0 Å². The lowest BCUT2D eigenvalue weighted by Crippen LogP contribution is -2.31. The Morgan fingerprint density at radius 1 is 1.11 bits per heavy atom. The molecule has 2 aromatic carbocycles. The molecule has 0 radical (unpaired) electrons. The normalized spacial score (nSPS) is 16.9. The lowest BCUT2D eigenvalue weighted by atomic mass is 9.88. The van der Waals surface area contributed by atoms with Gasteiger partial charge < -0.3 is 4.52 Å². The van der Waals surface area contributed by atoms with Crippen LogP contribution in [0.5, 0.6) is 0 Å². The molecule has 1 aliphatic carbocycles. The van der Waals surface area contributed by atoms with Crippen LogP contribution in [0.3, 0.4) is 0 Å². The second-order valence-electron chi connectivity index (χ2n) is 7.08. The first-order valence-corrected chi connectivity index (χ1v) is 10.6. The first-order chi connectivity index (χ1) is 12.9. The van der Waals surface area contributed by atoms with E-state index in [1.54, 1.807) is 25.1 Å². The van der Waals surface area contributed by atoms with Crippen molar-refractivity contribution in [3.8, 4) is 11.3 Å².